The fraction of sp³-hybridized carbons (Fsp3) is 0. The molecule has 7 heavy (non-hydrogen) atoms. The maximum atomic E-state index is 4.12. The molecule has 0 spiro atoms. The van der Waals surface area contributed by atoms with Crippen LogP contribution in [0.2, 0.25) is 0 Å². The van der Waals surface area contributed by atoms with E-state index in [0.717, 1.165) is 0 Å². The fourth-order valence-electron chi connectivity index (χ4n) is 0.407. The van der Waals surface area contributed by atoms with Crippen LogP contribution in [0.3, 0.4) is 0 Å². The number of rotatable bonds is 0. The fourth-order valence-corrected chi connectivity index (χ4v) is 1.69. The van der Waals surface area contributed by atoms with Gasteiger partial charge in [0.25, 0.3) is 0 Å². The first-order chi connectivity index (χ1) is 3.39. The first-order valence-corrected chi connectivity index (χ1v) is 4.28. The molecule has 0 N–H and O–H groups in total. The Kier molecular flexibility index (Phi) is 2.03. The zero-order valence-corrected chi connectivity index (χ0v) is 6.92. The van der Waals surface area contributed by atoms with Gasteiger partial charge in [0.1, 0.15) is 0 Å². The van der Waals surface area contributed by atoms with E-state index in [1.807, 2.05) is 12.3 Å². The third-order valence-corrected chi connectivity index (χ3v) is 2.76. The number of nitrogens with zero attached hydrogens (tertiary/aromatic N) is 1. The normalized spacial score (nSPS) is 16.9. The van der Waals surface area contributed by atoms with E-state index in [1.165, 1.54) is 3.28 Å². The van der Waals surface area contributed by atoms with E-state index in [4.69, 9.17) is 0 Å². The van der Waals surface area contributed by atoms with Gasteiger partial charge in [-0.3, -0.25) is 0 Å². The Labute approximate surface area is 56.8 Å². The third kappa shape index (κ3) is 1.71. The quantitative estimate of drug-likeness (QED) is 0.427. The molecule has 0 radical (unpaired) electrons. The van der Waals surface area contributed by atoms with Crippen LogP contribution in [0.1, 0.15) is 0 Å². The molecule has 0 aromatic heterocycles. The zero-order chi connectivity index (χ0) is 5.11. The Hall–Kier alpha value is 0.332. The Morgan fingerprint density at radius 1 is 1.71 bits per heavy atom. The van der Waals surface area contributed by atoms with Gasteiger partial charge in [0.15, 0.2) is 0 Å². The van der Waals surface area contributed by atoms with Gasteiger partial charge in [-0.1, -0.05) is 0 Å². The van der Waals surface area contributed by atoms with E-state index in [0.29, 0.717) is 0 Å². The first-order valence-electron chi connectivity index (χ1n) is 2.09. The van der Waals surface area contributed by atoms with Crippen molar-refractivity contribution in [2.24, 2.45) is 3.98 Å². The average molecular weight is 172 g/mol. The van der Waals surface area contributed by atoms with Gasteiger partial charge in [-0.05, 0) is 0 Å². The van der Waals surface area contributed by atoms with Gasteiger partial charge >= 0.3 is 56.6 Å². The van der Waals surface area contributed by atoms with Crippen molar-refractivity contribution in [3.05, 3.63) is 12.2 Å². The molecular weight excluding hydrogens is 168 g/mol. The molecule has 0 fully saturated rings. The molecule has 0 aromatic rings. The Morgan fingerprint density at radius 3 is 2.86 bits per heavy atom. The van der Waals surface area contributed by atoms with Crippen molar-refractivity contribution in [2.45, 2.75) is 0 Å². The van der Waals surface area contributed by atoms with Crippen LogP contribution in [0.15, 0.2) is 16.1 Å². The summed E-state index contributed by atoms with van der Waals surface area (Å²) in [6.45, 7) is 0. The predicted octanol–water partition coefficient (Wildman–Crippen LogP) is -0.723. The van der Waals surface area contributed by atoms with Crippen molar-refractivity contribution in [3.8, 4) is 0 Å². The van der Waals surface area contributed by atoms with Gasteiger partial charge in [-0.25, -0.2) is 0 Å². The molecule has 0 atom stereocenters. The topological polar surface area (TPSA) is 12.4 Å². The molecule has 0 amide bonds. The van der Waals surface area contributed by atoms with Crippen LogP contribution in [-0.4, -0.2) is 40.5 Å². The second-order valence-corrected chi connectivity index (χ2v) is 5.00. The van der Waals surface area contributed by atoms with Crippen LogP contribution < -0.4 is 0 Å². The Morgan fingerprint density at radius 2 is 2.57 bits per heavy atom. The minimum absolute atomic E-state index is 0.223. The molecule has 1 aliphatic heterocycles. The maximum absolute atomic E-state index is 4.12. The van der Waals surface area contributed by atoms with E-state index < -0.39 is 0 Å². The van der Waals surface area contributed by atoms with E-state index in [-0.39, 0.29) is 15.4 Å². The summed E-state index contributed by atoms with van der Waals surface area (Å²) in [5.41, 5.74) is 0. The van der Waals surface area contributed by atoms with Crippen LogP contribution in [0.5, 0.6) is 0 Å². The summed E-state index contributed by atoms with van der Waals surface area (Å²) in [6, 6.07) is 0. The molecule has 0 bridgehead atoms. The molecule has 0 aliphatic carbocycles. The van der Waals surface area contributed by atoms with E-state index in [9.17, 15) is 0 Å². The number of hydrogen-bond acceptors (Lipinski definition) is 1. The second kappa shape index (κ2) is 2.59. The average Bonchev–Trinajstić information content (AvgIpc) is 1.69. The Balaban J connectivity index is 2.66. The van der Waals surface area contributed by atoms with Crippen molar-refractivity contribution in [1.82, 2.24) is 0 Å². The molecule has 34 valence electrons. The molecule has 0 saturated carbocycles. The minimum atomic E-state index is -0.223. The Bertz CT molecular complexity index is 139. The molecule has 1 nitrogen and oxygen atoms in total. The molecule has 0 aromatic carbocycles. The molecule has 0 saturated heterocycles. The molecule has 1 heterocycles. The number of hydrogen-bond donors (Lipinski definition) is 0. The van der Waals surface area contributed by atoms with E-state index >= 15 is 0 Å². The third-order valence-electron chi connectivity index (χ3n) is 0.721. The molecule has 3 heteroatoms. The van der Waals surface area contributed by atoms with Gasteiger partial charge in [0.2, 0.25) is 0 Å². The van der Waals surface area contributed by atoms with Crippen LogP contribution in [0.4, 0.5) is 0 Å². The van der Waals surface area contributed by atoms with E-state index in [2.05, 4.69) is 25.6 Å². The molecule has 1 aliphatic rings. The summed E-state index contributed by atoms with van der Waals surface area (Å²) < 4.78 is 5.47. The van der Waals surface area contributed by atoms with Crippen molar-refractivity contribution in [3.63, 3.8) is 0 Å². The van der Waals surface area contributed by atoms with Crippen LogP contribution in [0, 0.1) is 0 Å². The van der Waals surface area contributed by atoms with Gasteiger partial charge < -0.3 is 0 Å². The monoisotopic (exact) mass is 173 g/mol. The van der Waals surface area contributed by atoms with Crippen molar-refractivity contribution < 1.29 is 0 Å². The summed E-state index contributed by atoms with van der Waals surface area (Å²) in [5, 5.41) is 0. The van der Waals surface area contributed by atoms with Gasteiger partial charge in [0.05, 0.1) is 0 Å². The SMILES string of the molecule is [Se]=[C]1C=CC=[N][AlH]1. The van der Waals surface area contributed by atoms with Gasteiger partial charge in [-0.2, -0.15) is 0 Å². The van der Waals surface area contributed by atoms with Crippen LogP contribution in [-0.2, 0) is 0 Å². The summed E-state index contributed by atoms with van der Waals surface area (Å²) in [6.07, 6.45) is 5.91. The van der Waals surface area contributed by atoms with Gasteiger partial charge in [-0.15, -0.1) is 0 Å². The van der Waals surface area contributed by atoms with Crippen molar-refractivity contribution in [2.75, 3.05) is 0 Å². The summed E-state index contributed by atoms with van der Waals surface area (Å²) in [4.78, 5) is 0. The van der Waals surface area contributed by atoms with Gasteiger partial charge in [0, 0.05) is 0 Å². The molecule has 1 rings (SSSR count). The standard InChI is InChI=1S/C4H3NSe.Al.H/c5-3-1-2-4-6;;/h1-3H;;/q-1;+1;. The molecular formula is C4H4AlNSe. The van der Waals surface area contributed by atoms with Crippen LogP contribution >= 0.6 is 0 Å². The zero-order valence-electron chi connectivity index (χ0n) is 3.79. The summed E-state index contributed by atoms with van der Waals surface area (Å²) in [7, 11) is 0. The second-order valence-electron chi connectivity index (χ2n) is 1.32. The predicted molar refractivity (Wildman–Crippen MR) is 35.5 cm³/mol. The van der Waals surface area contributed by atoms with Crippen LogP contribution in [0.25, 0.3) is 0 Å². The summed E-state index contributed by atoms with van der Waals surface area (Å²) in [5.74, 6) is 0. The van der Waals surface area contributed by atoms with E-state index in [1.54, 1.807) is 0 Å². The first kappa shape index (κ1) is 5.47. The summed E-state index contributed by atoms with van der Waals surface area (Å²) >= 11 is 2.73. The van der Waals surface area contributed by atoms with Crippen molar-refractivity contribution in [1.29, 1.82) is 0 Å². The molecule has 0 unspecified atom stereocenters. The number of allylic oxidation sites excluding steroid dienone is 2. The van der Waals surface area contributed by atoms with Crippen molar-refractivity contribution >= 4 is 40.5 Å².